The Morgan fingerprint density at radius 3 is 2.23 bits per heavy atom. The zero-order valence-corrected chi connectivity index (χ0v) is 15.4. The molecular weight excluding hydrogens is 333 g/mol. The third kappa shape index (κ3) is 4.09. The SMILES string of the molecule is CC(C)(C)C(=O)Nc1ccc(N2CCN(c3ccccc3F)CC2)nn1. The van der Waals surface area contributed by atoms with Crippen molar-refractivity contribution in [2.45, 2.75) is 20.8 Å². The molecule has 1 aliphatic rings. The van der Waals surface area contributed by atoms with Crippen molar-refractivity contribution in [2.75, 3.05) is 41.3 Å². The number of carbonyl (C=O) groups excluding carboxylic acids is 1. The maximum atomic E-state index is 13.9. The molecule has 2 heterocycles. The van der Waals surface area contributed by atoms with Gasteiger partial charge in [-0.25, -0.2) is 4.39 Å². The van der Waals surface area contributed by atoms with Gasteiger partial charge in [-0.05, 0) is 24.3 Å². The predicted octanol–water partition coefficient (Wildman–Crippen LogP) is 2.93. The van der Waals surface area contributed by atoms with Crippen molar-refractivity contribution in [3.63, 3.8) is 0 Å². The summed E-state index contributed by atoms with van der Waals surface area (Å²) < 4.78 is 13.9. The van der Waals surface area contributed by atoms with E-state index in [4.69, 9.17) is 0 Å². The Bertz CT molecular complexity index is 764. The maximum absolute atomic E-state index is 13.9. The van der Waals surface area contributed by atoms with Crippen LogP contribution in [0.1, 0.15) is 20.8 Å². The molecule has 0 saturated carbocycles. The van der Waals surface area contributed by atoms with E-state index in [9.17, 15) is 9.18 Å². The van der Waals surface area contributed by atoms with Gasteiger partial charge in [0.25, 0.3) is 0 Å². The summed E-state index contributed by atoms with van der Waals surface area (Å²) in [5, 5.41) is 11.1. The highest BCUT2D eigenvalue weighted by molar-refractivity contribution is 5.93. The normalized spacial score (nSPS) is 15.1. The third-order valence-corrected chi connectivity index (χ3v) is 4.37. The molecule has 1 saturated heterocycles. The first-order valence-electron chi connectivity index (χ1n) is 8.74. The molecule has 3 rings (SSSR count). The minimum Gasteiger partial charge on any atom is -0.366 e. The molecule has 0 unspecified atom stereocenters. The van der Waals surface area contributed by atoms with E-state index in [0.717, 1.165) is 18.9 Å². The first-order valence-corrected chi connectivity index (χ1v) is 8.74. The number of benzene rings is 1. The van der Waals surface area contributed by atoms with Crippen LogP contribution in [0.2, 0.25) is 0 Å². The summed E-state index contributed by atoms with van der Waals surface area (Å²) in [6.45, 7) is 8.43. The lowest BCUT2D eigenvalue weighted by atomic mass is 9.96. The molecule has 0 aliphatic carbocycles. The van der Waals surface area contributed by atoms with Gasteiger partial charge in [0.2, 0.25) is 5.91 Å². The average molecular weight is 357 g/mol. The highest BCUT2D eigenvalue weighted by atomic mass is 19.1. The van der Waals surface area contributed by atoms with Gasteiger partial charge >= 0.3 is 0 Å². The van der Waals surface area contributed by atoms with E-state index in [-0.39, 0.29) is 11.7 Å². The Balaban J connectivity index is 1.60. The van der Waals surface area contributed by atoms with Gasteiger partial charge in [0.1, 0.15) is 5.82 Å². The van der Waals surface area contributed by atoms with Crippen molar-refractivity contribution < 1.29 is 9.18 Å². The van der Waals surface area contributed by atoms with Crippen molar-refractivity contribution in [1.29, 1.82) is 0 Å². The van der Waals surface area contributed by atoms with Crippen molar-refractivity contribution in [3.8, 4) is 0 Å². The molecule has 0 radical (unpaired) electrons. The van der Waals surface area contributed by atoms with Crippen LogP contribution in [0.4, 0.5) is 21.7 Å². The number of carbonyl (C=O) groups is 1. The number of hydrogen-bond acceptors (Lipinski definition) is 5. The molecule has 138 valence electrons. The molecule has 2 aromatic rings. The van der Waals surface area contributed by atoms with Gasteiger partial charge in [-0.1, -0.05) is 32.9 Å². The Hall–Kier alpha value is -2.70. The number of hydrogen-bond donors (Lipinski definition) is 1. The molecule has 1 fully saturated rings. The minimum atomic E-state index is -0.483. The number of nitrogens with zero attached hydrogens (tertiary/aromatic N) is 4. The molecule has 1 amide bonds. The highest BCUT2D eigenvalue weighted by Crippen LogP contribution is 2.22. The van der Waals surface area contributed by atoms with Gasteiger partial charge in [-0.2, -0.15) is 0 Å². The van der Waals surface area contributed by atoms with E-state index in [0.29, 0.717) is 24.6 Å². The number of aromatic nitrogens is 2. The summed E-state index contributed by atoms with van der Waals surface area (Å²) in [6, 6.07) is 10.4. The van der Waals surface area contributed by atoms with Crippen LogP contribution in [0, 0.1) is 11.2 Å². The van der Waals surface area contributed by atoms with Gasteiger partial charge in [0.05, 0.1) is 5.69 Å². The summed E-state index contributed by atoms with van der Waals surface area (Å²) in [4.78, 5) is 16.1. The zero-order chi connectivity index (χ0) is 18.7. The molecule has 1 N–H and O–H groups in total. The molecule has 0 bridgehead atoms. The van der Waals surface area contributed by atoms with E-state index in [2.05, 4.69) is 20.4 Å². The lowest BCUT2D eigenvalue weighted by Crippen LogP contribution is -2.47. The lowest BCUT2D eigenvalue weighted by molar-refractivity contribution is -0.123. The third-order valence-electron chi connectivity index (χ3n) is 4.37. The van der Waals surface area contributed by atoms with Gasteiger partial charge in [-0.3, -0.25) is 4.79 Å². The number of anilines is 3. The van der Waals surface area contributed by atoms with Crippen molar-refractivity contribution in [3.05, 3.63) is 42.2 Å². The van der Waals surface area contributed by atoms with E-state index >= 15 is 0 Å². The van der Waals surface area contributed by atoms with E-state index < -0.39 is 5.41 Å². The topological polar surface area (TPSA) is 61.4 Å². The molecule has 1 aromatic carbocycles. The number of rotatable bonds is 3. The van der Waals surface area contributed by atoms with Crippen molar-refractivity contribution >= 4 is 23.2 Å². The number of para-hydroxylation sites is 1. The smallest absolute Gasteiger partial charge is 0.230 e. The average Bonchev–Trinajstić information content (AvgIpc) is 2.62. The van der Waals surface area contributed by atoms with Gasteiger partial charge in [0, 0.05) is 31.6 Å². The van der Waals surface area contributed by atoms with Gasteiger partial charge in [0.15, 0.2) is 11.6 Å². The van der Waals surface area contributed by atoms with Crippen LogP contribution < -0.4 is 15.1 Å². The molecule has 1 aliphatic heterocycles. The van der Waals surface area contributed by atoms with E-state index in [1.165, 1.54) is 6.07 Å². The molecule has 7 heteroatoms. The Kier molecular flexibility index (Phi) is 5.06. The second kappa shape index (κ2) is 7.27. The zero-order valence-electron chi connectivity index (χ0n) is 15.4. The summed E-state index contributed by atoms with van der Waals surface area (Å²) in [6.07, 6.45) is 0. The van der Waals surface area contributed by atoms with Crippen molar-refractivity contribution in [2.24, 2.45) is 5.41 Å². The van der Waals surface area contributed by atoms with E-state index in [1.54, 1.807) is 18.2 Å². The number of piperazine rings is 1. The number of halogens is 1. The van der Waals surface area contributed by atoms with Crippen LogP contribution in [-0.4, -0.2) is 42.3 Å². The fourth-order valence-electron chi connectivity index (χ4n) is 2.75. The monoisotopic (exact) mass is 357 g/mol. The van der Waals surface area contributed by atoms with Gasteiger partial charge < -0.3 is 15.1 Å². The van der Waals surface area contributed by atoms with Gasteiger partial charge in [-0.15, -0.1) is 10.2 Å². The number of amides is 1. The summed E-state index contributed by atoms with van der Waals surface area (Å²) >= 11 is 0. The second-order valence-electron chi connectivity index (χ2n) is 7.41. The molecule has 0 atom stereocenters. The van der Waals surface area contributed by atoms with Crippen LogP contribution >= 0.6 is 0 Å². The molecule has 1 aromatic heterocycles. The van der Waals surface area contributed by atoms with Crippen LogP contribution in [0.5, 0.6) is 0 Å². The van der Waals surface area contributed by atoms with Crippen molar-refractivity contribution in [1.82, 2.24) is 10.2 Å². The largest absolute Gasteiger partial charge is 0.366 e. The second-order valence-corrected chi connectivity index (χ2v) is 7.41. The minimum absolute atomic E-state index is 0.0990. The summed E-state index contributed by atoms with van der Waals surface area (Å²) in [5.74, 6) is 0.906. The fourth-order valence-corrected chi connectivity index (χ4v) is 2.75. The molecule has 6 nitrogen and oxygen atoms in total. The van der Waals surface area contributed by atoms with Crippen LogP contribution in [-0.2, 0) is 4.79 Å². The van der Waals surface area contributed by atoms with E-state index in [1.807, 2.05) is 37.8 Å². The molecule has 0 spiro atoms. The fraction of sp³-hybridized carbons (Fsp3) is 0.421. The Morgan fingerprint density at radius 1 is 1.00 bits per heavy atom. The van der Waals surface area contributed by atoms with Crippen LogP contribution in [0.15, 0.2) is 36.4 Å². The van der Waals surface area contributed by atoms with Crippen LogP contribution in [0.3, 0.4) is 0 Å². The Morgan fingerprint density at radius 2 is 1.65 bits per heavy atom. The predicted molar refractivity (Wildman–Crippen MR) is 101 cm³/mol. The maximum Gasteiger partial charge on any atom is 0.230 e. The first-order chi connectivity index (χ1) is 12.3. The highest BCUT2D eigenvalue weighted by Gasteiger charge is 2.23. The summed E-state index contributed by atoms with van der Waals surface area (Å²) in [5.41, 5.74) is 0.155. The standard InChI is InChI=1S/C19H24FN5O/c1-19(2,3)18(26)21-16-8-9-17(23-22-16)25-12-10-24(11-13-25)15-7-5-4-6-14(15)20/h4-9H,10-13H2,1-3H3,(H,21,22,26). The summed E-state index contributed by atoms with van der Waals surface area (Å²) in [7, 11) is 0. The quantitative estimate of drug-likeness (QED) is 0.915. The molecular formula is C19H24FN5O. The van der Waals surface area contributed by atoms with Crippen LogP contribution in [0.25, 0.3) is 0 Å². The first kappa shape index (κ1) is 18.1. The lowest BCUT2D eigenvalue weighted by Gasteiger charge is -2.36. The number of nitrogens with one attached hydrogen (secondary N) is 1. The Labute approximate surface area is 153 Å². The molecule has 26 heavy (non-hydrogen) atoms.